The molecule has 1 aromatic rings. The number of rotatable bonds is 3. The third-order valence-corrected chi connectivity index (χ3v) is 3.57. The molecule has 82 valence electrons. The zero-order valence-corrected chi connectivity index (χ0v) is 9.38. The molecule has 0 unspecified atom stereocenters. The summed E-state index contributed by atoms with van der Waals surface area (Å²) in [4.78, 5) is -0.221. The summed E-state index contributed by atoms with van der Waals surface area (Å²) in [5.41, 5.74) is 6.57. The molecule has 1 aromatic carbocycles. The van der Waals surface area contributed by atoms with E-state index in [0.29, 0.717) is 0 Å². The molecule has 0 radical (unpaired) electrons. The molecule has 1 rings (SSSR count). The molecule has 0 aliphatic carbocycles. The highest BCUT2D eigenvalue weighted by Gasteiger charge is 2.11. The molecule has 0 atom stereocenters. The van der Waals surface area contributed by atoms with Crippen LogP contribution >= 0.6 is 0 Å². The molecule has 0 bridgehead atoms. The predicted molar refractivity (Wildman–Crippen MR) is 52.9 cm³/mol. The zero-order chi connectivity index (χ0) is 11.6. The van der Waals surface area contributed by atoms with E-state index >= 15 is 0 Å². The summed E-state index contributed by atoms with van der Waals surface area (Å²) in [6.07, 6.45) is 0.993. The number of nitrogens with one attached hydrogen (secondary N) is 1. The molecule has 0 fully saturated rings. The number of thiol groups is 1. The van der Waals surface area contributed by atoms with Gasteiger partial charge in [-0.25, -0.2) is 22.4 Å². The van der Waals surface area contributed by atoms with Crippen molar-refractivity contribution in [3.8, 4) is 0 Å². The van der Waals surface area contributed by atoms with Gasteiger partial charge < -0.3 is 0 Å². The minimum absolute atomic E-state index is 0.0610. The summed E-state index contributed by atoms with van der Waals surface area (Å²) >= 11 is 0. The van der Waals surface area contributed by atoms with Crippen molar-refractivity contribution in [3.05, 3.63) is 18.2 Å². The van der Waals surface area contributed by atoms with Crippen LogP contribution in [-0.4, -0.2) is 23.1 Å². The van der Waals surface area contributed by atoms with Gasteiger partial charge in [-0.1, -0.05) is 0 Å². The van der Waals surface area contributed by atoms with Crippen LogP contribution in [-0.2, 0) is 20.5 Å². The van der Waals surface area contributed by atoms with Gasteiger partial charge >= 0.3 is 0 Å². The summed E-state index contributed by atoms with van der Waals surface area (Å²) in [5, 5.41) is 2.97. The van der Waals surface area contributed by atoms with E-state index in [1.165, 1.54) is 6.07 Å². The summed E-state index contributed by atoms with van der Waals surface area (Å²) in [5.74, 6) is 0. The van der Waals surface area contributed by atoms with Crippen LogP contribution in [0.1, 0.15) is 0 Å². The van der Waals surface area contributed by atoms with Crippen LogP contribution in [0.2, 0.25) is 0 Å². The van der Waals surface area contributed by atoms with E-state index in [0.717, 1.165) is 18.4 Å². The molecule has 0 amide bonds. The van der Waals surface area contributed by atoms with Crippen molar-refractivity contribution >= 4 is 26.2 Å². The van der Waals surface area contributed by atoms with E-state index in [9.17, 15) is 16.8 Å². The summed E-state index contributed by atoms with van der Waals surface area (Å²) in [7, 11) is -6.30. The zero-order valence-electron chi connectivity index (χ0n) is 7.67. The molecule has 0 aromatic heterocycles. The molecular weight excluding hydrogens is 240 g/mol. The maximum Gasteiger partial charge on any atom is 0.175 e. The fourth-order valence-electron chi connectivity index (χ4n) is 0.978. The highest BCUT2D eigenvalue weighted by molar-refractivity contribution is 7.90. The molecule has 0 saturated heterocycles. The Morgan fingerprint density at radius 1 is 1.33 bits per heavy atom. The van der Waals surface area contributed by atoms with Gasteiger partial charge in [0.1, 0.15) is 5.69 Å². The van der Waals surface area contributed by atoms with Crippen molar-refractivity contribution in [2.24, 2.45) is 5.11 Å². The Morgan fingerprint density at radius 3 is 2.33 bits per heavy atom. The minimum atomic E-state index is -3.42. The Balaban J connectivity index is 3.51. The van der Waals surface area contributed by atoms with E-state index in [4.69, 9.17) is 5.53 Å². The SMILES string of the molecule is CS(=O)(=O)c1ccc([SH](=O)=O)c(N=N)c1. The first kappa shape index (κ1) is 11.8. The maximum atomic E-state index is 11.1. The van der Waals surface area contributed by atoms with Crippen molar-refractivity contribution in [2.75, 3.05) is 6.26 Å². The molecule has 0 aliphatic rings. The lowest BCUT2D eigenvalue weighted by Crippen LogP contribution is -1.97. The highest BCUT2D eigenvalue weighted by Crippen LogP contribution is 2.24. The number of benzene rings is 1. The molecule has 0 aliphatic heterocycles. The van der Waals surface area contributed by atoms with Gasteiger partial charge in [0.2, 0.25) is 0 Å². The Morgan fingerprint density at radius 2 is 1.93 bits per heavy atom. The summed E-state index contributed by atoms with van der Waals surface area (Å²) in [6.45, 7) is 0. The topological polar surface area (TPSA) is 104 Å². The number of sulfone groups is 1. The van der Waals surface area contributed by atoms with Crippen LogP contribution in [0.3, 0.4) is 0 Å². The first-order valence-corrected chi connectivity index (χ1v) is 6.79. The van der Waals surface area contributed by atoms with Gasteiger partial charge in [-0.2, -0.15) is 5.11 Å². The highest BCUT2D eigenvalue weighted by atomic mass is 32.2. The van der Waals surface area contributed by atoms with Crippen molar-refractivity contribution in [1.29, 1.82) is 5.53 Å². The largest absolute Gasteiger partial charge is 0.227 e. The van der Waals surface area contributed by atoms with E-state index in [2.05, 4.69) is 5.11 Å². The van der Waals surface area contributed by atoms with Gasteiger partial charge in [-0.05, 0) is 18.2 Å². The van der Waals surface area contributed by atoms with E-state index < -0.39 is 20.5 Å². The van der Waals surface area contributed by atoms with E-state index in [1.54, 1.807) is 0 Å². The maximum absolute atomic E-state index is 11.1. The second kappa shape index (κ2) is 4.07. The summed E-state index contributed by atoms with van der Waals surface area (Å²) < 4.78 is 43.6. The Hall–Kier alpha value is -1.28. The standard InChI is InChI=1S/C7H8N2O4S2/c1-15(12,13)5-2-3-7(14(10)11)6(4-5)9-8/h2-4,8,14H,1H3. The predicted octanol–water partition coefficient (Wildman–Crippen LogP) is 0.723. The van der Waals surface area contributed by atoms with Crippen LogP contribution in [0, 0.1) is 5.53 Å². The van der Waals surface area contributed by atoms with Gasteiger partial charge in [-0.3, -0.25) is 0 Å². The van der Waals surface area contributed by atoms with Gasteiger partial charge in [0.25, 0.3) is 0 Å². The first-order chi connectivity index (χ1) is 6.86. The van der Waals surface area contributed by atoms with Crippen molar-refractivity contribution in [1.82, 2.24) is 0 Å². The Bertz CT molecular complexity index is 567. The lowest BCUT2D eigenvalue weighted by molar-refractivity contribution is 0.601. The third kappa shape index (κ3) is 2.60. The Kier molecular flexibility index (Phi) is 3.20. The van der Waals surface area contributed by atoms with Crippen molar-refractivity contribution in [3.63, 3.8) is 0 Å². The minimum Gasteiger partial charge on any atom is -0.227 e. The second-order valence-corrected chi connectivity index (χ2v) is 5.80. The smallest absolute Gasteiger partial charge is 0.175 e. The monoisotopic (exact) mass is 248 g/mol. The fourth-order valence-corrected chi connectivity index (χ4v) is 2.12. The second-order valence-electron chi connectivity index (χ2n) is 2.79. The van der Waals surface area contributed by atoms with Crippen LogP contribution in [0.15, 0.2) is 33.1 Å². The number of hydrogen-bond donors (Lipinski definition) is 2. The molecular formula is C7H8N2O4S2. The molecule has 15 heavy (non-hydrogen) atoms. The van der Waals surface area contributed by atoms with Gasteiger partial charge in [0, 0.05) is 6.26 Å². The van der Waals surface area contributed by atoms with E-state index in [1.807, 2.05) is 0 Å². The number of hydrogen-bond acceptors (Lipinski definition) is 6. The first-order valence-electron chi connectivity index (χ1n) is 3.72. The molecule has 1 N–H and O–H groups in total. The molecule has 8 heteroatoms. The average molecular weight is 248 g/mol. The van der Waals surface area contributed by atoms with Crippen LogP contribution < -0.4 is 0 Å². The Labute approximate surface area is 88.3 Å². The molecule has 0 heterocycles. The lowest BCUT2D eigenvalue weighted by atomic mass is 10.3. The molecule has 6 nitrogen and oxygen atoms in total. The fraction of sp³-hybridized carbons (Fsp3) is 0.143. The van der Waals surface area contributed by atoms with E-state index in [-0.39, 0.29) is 15.5 Å². The van der Waals surface area contributed by atoms with Crippen molar-refractivity contribution < 1.29 is 16.8 Å². The van der Waals surface area contributed by atoms with Crippen molar-refractivity contribution in [2.45, 2.75) is 9.79 Å². The lowest BCUT2D eigenvalue weighted by Gasteiger charge is -2.00. The van der Waals surface area contributed by atoms with Gasteiger partial charge in [0.15, 0.2) is 20.5 Å². The summed E-state index contributed by atoms with van der Waals surface area (Å²) in [6, 6.07) is 3.35. The normalized spacial score (nSPS) is 11.6. The average Bonchev–Trinajstić information content (AvgIpc) is 2.15. The van der Waals surface area contributed by atoms with Crippen LogP contribution in [0.25, 0.3) is 0 Å². The number of nitrogens with zero attached hydrogens (tertiary/aromatic N) is 1. The van der Waals surface area contributed by atoms with Gasteiger partial charge in [0.05, 0.1) is 9.79 Å². The van der Waals surface area contributed by atoms with Gasteiger partial charge in [-0.15, -0.1) is 0 Å². The quantitative estimate of drug-likeness (QED) is 0.607. The van der Waals surface area contributed by atoms with Crippen LogP contribution in [0.4, 0.5) is 5.69 Å². The molecule has 0 spiro atoms. The third-order valence-electron chi connectivity index (χ3n) is 1.69. The van der Waals surface area contributed by atoms with Crippen LogP contribution in [0.5, 0.6) is 0 Å². The molecule has 0 saturated carbocycles.